The van der Waals surface area contributed by atoms with Crippen molar-refractivity contribution in [1.82, 2.24) is 0 Å². The maximum atomic E-state index is 10.7. The molecule has 5 heteroatoms. The smallest absolute Gasteiger partial charge is 0.303 e. The number of aliphatic hydroxyl groups excluding tert-OH is 2. The molecule has 2 saturated carbocycles. The molecule has 0 bridgehead atoms. The minimum Gasteiger partial charge on any atom is -0.481 e. The van der Waals surface area contributed by atoms with Crippen LogP contribution in [-0.2, 0) is 4.79 Å². The summed E-state index contributed by atoms with van der Waals surface area (Å²) in [6.45, 7) is 2.22. The summed E-state index contributed by atoms with van der Waals surface area (Å²) in [5.41, 5.74) is 2.04. The minimum atomic E-state index is -0.764. The monoisotopic (exact) mass is 448 g/mol. The largest absolute Gasteiger partial charge is 0.481 e. The van der Waals surface area contributed by atoms with Crippen molar-refractivity contribution in [3.8, 4) is 0 Å². The fourth-order valence-electron chi connectivity index (χ4n) is 5.44. The number of rotatable bonds is 11. The average Bonchev–Trinajstić information content (AvgIpc) is 2.99. The Bertz CT molecular complexity index is 725. The molecule has 31 heavy (non-hydrogen) atoms. The highest BCUT2D eigenvalue weighted by Crippen LogP contribution is 2.46. The number of benzene rings is 1. The van der Waals surface area contributed by atoms with E-state index in [-0.39, 0.29) is 23.6 Å². The number of carboxylic acids is 1. The second-order valence-electron chi connectivity index (χ2n) is 9.50. The number of aliphatic carboxylic acids is 1. The Balaban J connectivity index is 1.57. The number of alkyl halides is 1. The summed E-state index contributed by atoms with van der Waals surface area (Å²) in [4.78, 5) is 10.6. The van der Waals surface area contributed by atoms with Crippen molar-refractivity contribution in [2.75, 3.05) is 0 Å². The van der Waals surface area contributed by atoms with Gasteiger partial charge in [-0.1, -0.05) is 56.2 Å². The lowest BCUT2D eigenvalue weighted by molar-refractivity contribution is -0.137. The number of unbranched alkanes of at least 4 members (excludes halogenated alkanes) is 1. The maximum absolute atomic E-state index is 10.7. The van der Waals surface area contributed by atoms with E-state index in [0.717, 1.165) is 42.7 Å². The summed E-state index contributed by atoms with van der Waals surface area (Å²) in [5, 5.41) is 30.0. The third kappa shape index (κ3) is 6.34. The quantitative estimate of drug-likeness (QED) is 0.226. The lowest BCUT2D eigenvalue weighted by Crippen LogP contribution is -2.29. The molecular formula is C26H37ClO4. The number of aliphatic hydroxyl groups is 2. The molecule has 2 aliphatic rings. The fraction of sp³-hybridized carbons (Fsp3) is 0.654. The molecule has 1 aromatic carbocycles. The van der Waals surface area contributed by atoms with Crippen LogP contribution in [0.25, 0.3) is 0 Å². The predicted molar refractivity (Wildman–Crippen MR) is 124 cm³/mol. The highest BCUT2D eigenvalue weighted by molar-refractivity contribution is 6.21. The van der Waals surface area contributed by atoms with Crippen LogP contribution in [0.1, 0.15) is 87.9 Å². The molecule has 0 heterocycles. The van der Waals surface area contributed by atoms with Crippen LogP contribution in [0, 0.1) is 17.8 Å². The van der Waals surface area contributed by atoms with Crippen molar-refractivity contribution in [1.29, 1.82) is 0 Å². The van der Waals surface area contributed by atoms with E-state index in [4.69, 9.17) is 16.7 Å². The zero-order valence-electron chi connectivity index (χ0n) is 18.5. The van der Waals surface area contributed by atoms with E-state index in [1.165, 1.54) is 12.8 Å². The van der Waals surface area contributed by atoms with E-state index in [0.29, 0.717) is 18.8 Å². The molecule has 0 amide bonds. The molecule has 1 unspecified atom stereocenters. The molecule has 2 aliphatic carbocycles. The van der Waals surface area contributed by atoms with Crippen LogP contribution >= 0.6 is 11.6 Å². The molecular weight excluding hydrogens is 412 g/mol. The van der Waals surface area contributed by atoms with Crippen LogP contribution in [0.4, 0.5) is 0 Å². The third-order valence-electron chi connectivity index (χ3n) is 7.22. The van der Waals surface area contributed by atoms with Crippen LogP contribution in [0.5, 0.6) is 0 Å². The first-order valence-corrected chi connectivity index (χ1v) is 12.3. The van der Waals surface area contributed by atoms with Gasteiger partial charge < -0.3 is 15.3 Å². The van der Waals surface area contributed by atoms with Crippen LogP contribution < -0.4 is 0 Å². The predicted octanol–water partition coefficient (Wildman–Crippen LogP) is 5.82. The summed E-state index contributed by atoms with van der Waals surface area (Å²) in [6.07, 6.45) is 10.9. The molecule has 1 aromatic rings. The van der Waals surface area contributed by atoms with Crippen molar-refractivity contribution in [3.63, 3.8) is 0 Å². The molecule has 4 nitrogen and oxygen atoms in total. The summed E-state index contributed by atoms with van der Waals surface area (Å²) < 4.78 is 0. The average molecular weight is 449 g/mol. The SMILES string of the molecule is CCCC1CC(C(O)c2ccc([C@@H]3[C@@H](C/C=C\CCCC(=O)O)[C@H](Cl)C[C@H]3O)cc2)C1. The van der Waals surface area contributed by atoms with E-state index in [9.17, 15) is 15.0 Å². The van der Waals surface area contributed by atoms with Crippen LogP contribution in [0.2, 0.25) is 0 Å². The molecule has 0 aliphatic heterocycles. The lowest BCUT2D eigenvalue weighted by Gasteiger charge is -2.38. The van der Waals surface area contributed by atoms with E-state index in [1.54, 1.807) is 0 Å². The number of hydrogen-bond acceptors (Lipinski definition) is 3. The zero-order valence-corrected chi connectivity index (χ0v) is 19.3. The van der Waals surface area contributed by atoms with E-state index < -0.39 is 18.2 Å². The van der Waals surface area contributed by atoms with Crippen LogP contribution in [-0.4, -0.2) is 32.8 Å². The van der Waals surface area contributed by atoms with Gasteiger partial charge in [-0.2, -0.15) is 0 Å². The first-order valence-electron chi connectivity index (χ1n) is 11.9. The second kappa shape index (κ2) is 11.5. The van der Waals surface area contributed by atoms with Gasteiger partial charge in [0.05, 0.1) is 12.2 Å². The van der Waals surface area contributed by atoms with Gasteiger partial charge in [0.1, 0.15) is 0 Å². The van der Waals surface area contributed by atoms with Gasteiger partial charge in [0.15, 0.2) is 0 Å². The van der Waals surface area contributed by atoms with Crippen molar-refractivity contribution < 1.29 is 20.1 Å². The number of carbonyl (C=O) groups is 1. The minimum absolute atomic E-state index is 0.0185. The molecule has 5 atom stereocenters. The first kappa shape index (κ1) is 24.3. The summed E-state index contributed by atoms with van der Waals surface area (Å²) in [6, 6.07) is 8.13. The summed E-state index contributed by atoms with van der Waals surface area (Å²) in [7, 11) is 0. The third-order valence-corrected chi connectivity index (χ3v) is 7.72. The molecule has 2 fully saturated rings. The van der Waals surface area contributed by atoms with Gasteiger partial charge >= 0.3 is 5.97 Å². The Kier molecular flexibility index (Phi) is 9.00. The molecule has 172 valence electrons. The second-order valence-corrected chi connectivity index (χ2v) is 10.1. The van der Waals surface area contributed by atoms with Crippen molar-refractivity contribution in [3.05, 3.63) is 47.5 Å². The molecule has 0 spiro atoms. The Labute approximate surface area is 191 Å². The fourth-order valence-corrected chi connectivity index (χ4v) is 5.89. The number of carboxylic acid groups (broad SMARTS) is 1. The van der Waals surface area contributed by atoms with Crippen molar-refractivity contribution in [2.45, 2.75) is 88.2 Å². The van der Waals surface area contributed by atoms with Gasteiger partial charge in [0.25, 0.3) is 0 Å². The zero-order chi connectivity index (χ0) is 22.4. The van der Waals surface area contributed by atoms with Gasteiger partial charge in [0.2, 0.25) is 0 Å². The van der Waals surface area contributed by atoms with E-state index in [1.807, 2.05) is 30.3 Å². The summed E-state index contributed by atoms with van der Waals surface area (Å²) in [5.74, 6) is 0.501. The Morgan fingerprint density at radius 3 is 2.55 bits per heavy atom. The first-order chi connectivity index (χ1) is 14.9. The molecule has 3 N–H and O–H groups in total. The van der Waals surface area contributed by atoms with Gasteiger partial charge in [-0.25, -0.2) is 0 Å². The Morgan fingerprint density at radius 2 is 1.90 bits per heavy atom. The number of hydrogen-bond donors (Lipinski definition) is 3. The highest BCUT2D eigenvalue weighted by atomic mass is 35.5. The molecule has 3 rings (SSSR count). The topological polar surface area (TPSA) is 77.8 Å². The standard InChI is InChI=1S/C26H37ClO4/c1-2-7-17-14-20(15-17)26(31)19-12-10-18(11-13-19)25-21(22(27)16-23(25)28)8-5-3-4-6-9-24(29)30/h3,5,10-13,17,20-23,25-26,28,31H,2,4,6-9,14-16H2,1H3,(H,29,30)/b5-3-/t17?,20?,21-,22+,23+,25+,26?/m0/s1. The van der Waals surface area contributed by atoms with Crippen molar-refractivity contribution in [2.24, 2.45) is 17.8 Å². The highest BCUT2D eigenvalue weighted by Gasteiger charge is 2.42. The normalized spacial score (nSPS) is 31.6. The molecule has 0 radical (unpaired) electrons. The Morgan fingerprint density at radius 1 is 1.19 bits per heavy atom. The Hall–Kier alpha value is -1.36. The number of halogens is 1. The summed E-state index contributed by atoms with van der Waals surface area (Å²) >= 11 is 6.58. The van der Waals surface area contributed by atoms with Crippen LogP contribution in [0.15, 0.2) is 36.4 Å². The van der Waals surface area contributed by atoms with Gasteiger partial charge in [-0.05, 0) is 67.4 Å². The van der Waals surface area contributed by atoms with Gasteiger partial charge in [0, 0.05) is 17.7 Å². The number of allylic oxidation sites excluding steroid dienone is 2. The van der Waals surface area contributed by atoms with Crippen molar-refractivity contribution >= 4 is 17.6 Å². The maximum Gasteiger partial charge on any atom is 0.303 e. The van der Waals surface area contributed by atoms with Crippen LogP contribution in [0.3, 0.4) is 0 Å². The molecule has 0 saturated heterocycles. The molecule has 0 aromatic heterocycles. The van der Waals surface area contributed by atoms with E-state index >= 15 is 0 Å². The van der Waals surface area contributed by atoms with Gasteiger partial charge in [-0.3, -0.25) is 4.79 Å². The van der Waals surface area contributed by atoms with E-state index in [2.05, 4.69) is 13.0 Å². The lowest BCUT2D eigenvalue weighted by atomic mass is 9.69. The van der Waals surface area contributed by atoms with Gasteiger partial charge in [-0.15, -0.1) is 11.6 Å².